The molecule has 1 aliphatic carbocycles. The fourth-order valence-corrected chi connectivity index (χ4v) is 3.63. The molecule has 1 aliphatic rings. The van der Waals surface area contributed by atoms with E-state index >= 15 is 0 Å². The summed E-state index contributed by atoms with van der Waals surface area (Å²) in [4.78, 5) is 19.6. The molecular formula is C15H19N3O2S. The molecule has 0 unspecified atom stereocenters. The lowest BCUT2D eigenvalue weighted by molar-refractivity contribution is 0.203. The molecule has 0 bridgehead atoms. The Morgan fingerprint density at radius 2 is 2.43 bits per heavy atom. The second-order valence-electron chi connectivity index (χ2n) is 5.25. The topological polar surface area (TPSA) is 58.4 Å². The van der Waals surface area contributed by atoms with Gasteiger partial charge in [-0.15, -0.1) is 11.3 Å². The number of amides is 2. The van der Waals surface area contributed by atoms with E-state index in [1.54, 1.807) is 29.5 Å². The number of aryl methyl sites for hydroxylation is 2. The molecule has 2 aromatic rings. The van der Waals surface area contributed by atoms with Crippen molar-refractivity contribution in [3.8, 4) is 0 Å². The summed E-state index contributed by atoms with van der Waals surface area (Å²) in [6.45, 7) is 1.10. The lowest BCUT2D eigenvalue weighted by atomic mass is 10.3. The van der Waals surface area contributed by atoms with E-state index in [9.17, 15) is 4.79 Å². The number of furan rings is 1. The van der Waals surface area contributed by atoms with Gasteiger partial charge in [0.2, 0.25) is 0 Å². The number of aromatic nitrogens is 1. The van der Waals surface area contributed by atoms with Gasteiger partial charge >= 0.3 is 6.03 Å². The SMILES string of the molecule is CN(Cc1ccco1)C(=O)NCCc1nc2c(s1)CCC2. The Balaban J connectivity index is 1.42. The minimum absolute atomic E-state index is 0.0875. The molecule has 0 aromatic carbocycles. The van der Waals surface area contributed by atoms with E-state index in [1.807, 2.05) is 12.1 Å². The molecule has 6 heteroatoms. The van der Waals surface area contributed by atoms with Crippen molar-refractivity contribution in [3.05, 3.63) is 39.7 Å². The van der Waals surface area contributed by atoms with Gasteiger partial charge in [-0.3, -0.25) is 0 Å². The number of thiazole rings is 1. The van der Waals surface area contributed by atoms with Gasteiger partial charge in [0.25, 0.3) is 0 Å². The van der Waals surface area contributed by atoms with E-state index in [0.717, 1.165) is 23.6 Å². The molecule has 0 aliphatic heterocycles. The van der Waals surface area contributed by atoms with Gasteiger partial charge in [-0.2, -0.15) is 0 Å². The van der Waals surface area contributed by atoms with Crippen LogP contribution in [0.4, 0.5) is 4.79 Å². The van der Waals surface area contributed by atoms with Gasteiger partial charge in [0.05, 0.1) is 23.5 Å². The molecular weight excluding hydrogens is 286 g/mol. The first-order valence-corrected chi connectivity index (χ1v) is 8.03. The standard InChI is InChI=1S/C15H19N3O2S/c1-18(10-11-4-3-9-20-11)15(19)16-8-7-14-17-12-5-2-6-13(12)21-14/h3-4,9H,2,5-8,10H2,1H3,(H,16,19). The number of urea groups is 1. The minimum Gasteiger partial charge on any atom is -0.467 e. The zero-order valence-electron chi connectivity index (χ0n) is 12.1. The molecule has 0 spiro atoms. The molecule has 0 saturated carbocycles. The highest BCUT2D eigenvalue weighted by atomic mass is 32.1. The average Bonchev–Trinajstić information content (AvgIpc) is 3.14. The Hall–Kier alpha value is -1.82. The molecule has 3 rings (SSSR count). The Morgan fingerprint density at radius 1 is 1.52 bits per heavy atom. The predicted molar refractivity (Wildman–Crippen MR) is 81.4 cm³/mol. The second-order valence-corrected chi connectivity index (χ2v) is 6.42. The fraction of sp³-hybridized carbons (Fsp3) is 0.467. The average molecular weight is 305 g/mol. The van der Waals surface area contributed by atoms with Crippen LogP contribution in [0, 0.1) is 0 Å². The first-order valence-electron chi connectivity index (χ1n) is 7.21. The number of nitrogens with zero attached hydrogens (tertiary/aromatic N) is 2. The molecule has 2 aromatic heterocycles. The Bertz CT molecular complexity index is 585. The van der Waals surface area contributed by atoms with Gasteiger partial charge in [-0.05, 0) is 31.4 Å². The van der Waals surface area contributed by atoms with Crippen molar-refractivity contribution in [2.75, 3.05) is 13.6 Å². The normalized spacial score (nSPS) is 13.2. The monoisotopic (exact) mass is 305 g/mol. The number of hydrogen-bond acceptors (Lipinski definition) is 4. The van der Waals surface area contributed by atoms with Gasteiger partial charge in [0.15, 0.2) is 0 Å². The molecule has 0 saturated heterocycles. The van der Waals surface area contributed by atoms with Crippen molar-refractivity contribution in [1.82, 2.24) is 15.2 Å². The van der Waals surface area contributed by atoms with Gasteiger partial charge in [-0.25, -0.2) is 9.78 Å². The summed E-state index contributed by atoms with van der Waals surface area (Å²) in [6.07, 6.45) is 5.94. The van der Waals surface area contributed by atoms with Crippen LogP contribution in [0.5, 0.6) is 0 Å². The zero-order chi connectivity index (χ0) is 14.7. The summed E-state index contributed by atoms with van der Waals surface area (Å²) in [5.41, 5.74) is 1.27. The largest absolute Gasteiger partial charge is 0.467 e. The van der Waals surface area contributed by atoms with Crippen molar-refractivity contribution in [1.29, 1.82) is 0 Å². The lowest BCUT2D eigenvalue weighted by Gasteiger charge is -2.16. The summed E-state index contributed by atoms with van der Waals surface area (Å²) in [6, 6.07) is 3.60. The van der Waals surface area contributed by atoms with Crippen LogP contribution in [-0.2, 0) is 25.8 Å². The van der Waals surface area contributed by atoms with Crippen molar-refractivity contribution >= 4 is 17.4 Å². The number of nitrogens with one attached hydrogen (secondary N) is 1. The Kier molecular flexibility index (Phi) is 4.24. The van der Waals surface area contributed by atoms with Gasteiger partial charge in [0.1, 0.15) is 5.76 Å². The summed E-state index contributed by atoms with van der Waals surface area (Å²) < 4.78 is 5.23. The van der Waals surface area contributed by atoms with Crippen molar-refractivity contribution in [2.24, 2.45) is 0 Å². The molecule has 2 amide bonds. The van der Waals surface area contributed by atoms with Crippen molar-refractivity contribution in [2.45, 2.75) is 32.2 Å². The maximum Gasteiger partial charge on any atom is 0.317 e. The van der Waals surface area contributed by atoms with Crippen LogP contribution < -0.4 is 5.32 Å². The van der Waals surface area contributed by atoms with Crippen LogP contribution in [0.15, 0.2) is 22.8 Å². The van der Waals surface area contributed by atoms with Gasteiger partial charge in [-0.1, -0.05) is 0 Å². The first-order chi connectivity index (χ1) is 10.2. The number of rotatable bonds is 5. The van der Waals surface area contributed by atoms with Crippen LogP contribution in [0.2, 0.25) is 0 Å². The molecule has 112 valence electrons. The molecule has 0 fully saturated rings. The molecule has 21 heavy (non-hydrogen) atoms. The number of hydrogen-bond donors (Lipinski definition) is 1. The smallest absolute Gasteiger partial charge is 0.317 e. The van der Waals surface area contributed by atoms with Crippen LogP contribution in [0.25, 0.3) is 0 Å². The van der Waals surface area contributed by atoms with Gasteiger partial charge < -0.3 is 14.6 Å². The Labute approximate surface area is 128 Å². The third kappa shape index (κ3) is 3.44. The summed E-state index contributed by atoms with van der Waals surface area (Å²) in [7, 11) is 1.76. The summed E-state index contributed by atoms with van der Waals surface area (Å²) in [5.74, 6) is 0.781. The highest BCUT2D eigenvalue weighted by Crippen LogP contribution is 2.27. The summed E-state index contributed by atoms with van der Waals surface area (Å²) in [5, 5.41) is 4.05. The maximum atomic E-state index is 12.0. The van der Waals surface area contributed by atoms with Crippen LogP contribution in [0.1, 0.15) is 27.8 Å². The molecule has 2 heterocycles. The zero-order valence-corrected chi connectivity index (χ0v) is 12.9. The summed E-state index contributed by atoms with van der Waals surface area (Å²) >= 11 is 1.79. The Morgan fingerprint density at radius 3 is 3.19 bits per heavy atom. The minimum atomic E-state index is -0.0875. The number of fused-ring (bicyclic) bond motifs is 1. The van der Waals surface area contributed by atoms with Crippen LogP contribution in [0.3, 0.4) is 0 Å². The molecule has 5 nitrogen and oxygen atoms in total. The van der Waals surface area contributed by atoms with E-state index in [1.165, 1.54) is 23.4 Å². The first kappa shape index (κ1) is 14.1. The van der Waals surface area contributed by atoms with E-state index < -0.39 is 0 Å². The molecule has 0 atom stereocenters. The highest BCUT2D eigenvalue weighted by molar-refractivity contribution is 7.11. The van der Waals surface area contributed by atoms with E-state index in [0.29, 0.717) is 13.1 Å². The van der Waals surface area contributed by atoms with Crippen LogP contribution in [-0.4, -0.2) is 29.5 Å². The van der Waals surface area contributed by atoms with Crippen LogP contribution >= 0.6 is 11.3 Å². The third-order valence-corrected chi connectivity index (χ3v) is 4.79. The highest BCUT2D eigenvalue weighted by Gasteiger charge is 2.16. The molecule has 0 radical (unpaired) electrons. The predicted octanol–water partition coefficient (Wildman–Crippen LogP) is 2.61. The lowest BCUT2D eigenvalue weighted by Crippen LogP contribution is -2.37. The third-order valence-electron chi connectivity index (χ3n) is 3.57. The molecule has 1 N–H and O–H groups in total. The maximum absolute atomic E-state index is 12.0. The number of carbonyl (C=O) groups excluding carboxylic acids is 1. The quantitative estimate of drug-likeness (QED) is 0.924. The second kappa shape index (κ2) is 6.30. The van der Waals surface area contributed by atoms with Gasteiger partial charge in [0, 0.05) is 24.9 Å². The van der Waals surface area contributed by atoms with E-state index in [-0.39, 0.29) is 6.03 Å². The fourth-order valence-electron chi connectivity index (χ4n) is 2.47. The van der Waals surface area contributed by atoms with Crippen molar-refractivity contribution in [3.63, 3.8) is 0 Å². The van der Waals surface area contributed by atoms with Crippen molar-refractivity contribution < 1.29 is 9.21 Å². The van der Waals surface area contributed by atoms with E-state index in [4.69, 9.17) is 4.42 Å². The number of carbonyl (C=O) groups is 1. The van der Waals surface area contributed by atoms with E-state index in [2.05, 4.69) is 10.3 Å².